The predicted octanol–water partition coefficient (Wildman–Crippen LogP) is 3.14. The molecule has 8 heteroatoms. The molecule has 2 N–H and O–H groups in total. The summed E-state index contributed by atoms with van der Waals surface area (Å²) in [5, 5.41) is 5.39. The highest BCUT2D eigenvalue weighted by Crippen LogP contribution is 2.51. The monoisotopic (exact) mass is 384 g/mol. The summed E-state index contributed by atoms with van der Waals surface area (Å²) in [7, 11) is 0. The van der Waals surface area contributed by atoms with Crippen LogP contribution in [0.4, 0.5) is 13.2 Å². The molecule has 0 bridgehead atoms. The minimum atomic E-state index is -4.52. The van der Waals surface area contributed by atoms with Crippen LogP contribution in [0.5, 0.6) is 5.75 Å². The number of alkyl halides is 3. The van der Waals surface area contributed by atoms with E-state index in [-0.39, 0.29) is 47.6 Å². The normalized spacial score (nSPS) is 24.1. The number of nitrogens with one attached hydrogen (secondary N) is 2. The number of rotatable bonds is 5. The third kappa shape index (κ3) is 4.73. The number of carbonyl (C=O) groups is 2. The second-order valence-corrected chi connectivity index (χ2v) is 7.92. The van der Waals surface area contributed by atoms with Crippen LogP contribution in [0.1, 0.15) is 49.0 Å². The molecular weight excluding hydrogens is 361 g/mol. The number of hydrogen-bond acceptors (Lipinski definition) is 3. The molecular formula is C19H23F3N2O3. The molecule has 1 saturated carbocycles. The molecule has 5 nitrogen and oxygen atoms in total. The summed E-state index contributed by atoms with van der Waals surface area (Å²) in [5.41, 5.74) is -0.701. The molecule has 1 aliphatic carbocycles. The Kier molecular flexibility index (Phi) is 5.10. The lowest BCUT2D eigenvalue weighted by Gasteiger charge is -2.23. The van der Waals surface area contributed by atoms with E-state index in [1.54, 1.807) is 0 Å². The van der Waals surface area contributed by atoms with Gasteiger partial charge >= 0.3 is 6.18 Å². The van der Waals surface area contributed by atoms with E-state index in [1.165, 1.54) is 0 Å². The van der Waals surface area contributed by atoms with Crippen molar-refractivity contribution in [2.45, 2.75) is 45.3 Å². The van der Waals surface area contributed by atoms with Crippen molar-refractivity contribution < 1.29 is 27.5 Å². The average Bonchev–Trinajstić information content (AvgIpc) is 3.18. The van der Waals surface area contributed by atoms with Crippen molar-refractivity contribution in [3.8, 4) is 5.75 Å². The van der Waals surface area contributed by atoms with Gasteiger partial charge in [-0.1, -0.05) is 13.8 Å². The van der Waals surface area contributed by atoms with E-state index in [1.807, 2.05) is 0 Å². The molecule has 2 amide bonds. The van der Waals surface area contributed by atoms with E-state index in [9.17, 15) is 22.8 Å². The van der Waals surface area contributed by atoms with Crippen LogP contribution in [-0.4, -0.2) is 31.0 Å². The van der Waals surface area contributed by atoms with Crippen molar-refractivity contribution in [1.29, 1.82) is 0 Å². The fourth-order valence-electron chi connectivity index (χ4n) is 3.23. The maximum atomic E-state index is 13.1. The number of amides is 2. The van der Waals surface area contributed by atoms with Crippen LogP contribution in [0, 0.1) is 11.3 Å². The quantitative estimate of drug-likeness (QED) is 0.820. The number of piperidine rings is 1. The Hall–Kier alpha value is -2.25. The van der Waals surface area contributed by atoms with Crippen LogP contribution in [-0.2, 0) is 11.0 Å². The van der Waals surface area contributed by atoms with Crippen LogP contribution < -0.4 is 15.4 Å². The van der Waals surface area contributed by atoms with Gasteiger partial charge in [0, 0.05) is 19.0 Å². The minimum absolute atomic E-state index is 0.0486. The van der Waals surface area contributed by atoms with Crippen LogP contribution in [0.2, 0.25) is 0 Å². The smallest absolute Gasteiger partial charge is 0.416 e. The standard InChI is InChI=1S/C19H23F3N2O3/c1-18(2)9-12(18)10-27-15-7-11(19(20,21)22)3-4-14(15)17(26)24-13-5-6-23-16(25)8-13/h3-4,7,12-13H,5-6,8-10H2,1-2H3,(H,23,25)(H,24,26). The molecule has 1 saturated heterocycles. The molecule has 3 rings (SSSR count). The second kappa shape index (κ2) is 7.05. The Morgan fingerprint density at radius 1 is 1.37 bits per heavy atom. The largest absolute Gasteiger partial charge is 0.492 e. The Morgan fingerprint density at radius 2 is 2.07 bits per heavy atom. The minimum Gasteiger partial charge on any atom is -0.492 e. The van der Waals surface area contributed by atoms with Gasteiger partial charge in [-0.15, -0.1) is 0 Å². The van der Waals surface area contributed by atoms with Crippen LogP contribution >= 0.6 is 0 Å². The van der Waals surface area contributed by atoms with E-state index in [4.69, 9.17) is 4.74 Å². The number of benzene rings is 1. The lowest BCUT2D eigenvalue weighted by molar-refractivity contribution is -0.137. The first kappa shape index (κ1) is 19.5. The lowest BCUT2D eigenvalue weighted by atomic mass is 10.0. The molecule has 0 spiro atoms. The van der Waals surface area contributed by atoms with E-state index >= 15 is 0 Å². The third-order valence-corrected chi connectivity index (χ3v) is 5.29. The summed E-state index contributed by atoms with van der Waals surface area (Å²) in [6, 6.07) is 2.53. The first-order chi connectivity index (χ1) is 12.6. The fraction of sp³-hybridized carbons (Fsp3) is 0.579. The van der Waals surface area contributed by atoms with Gasteiger partial charge in [0.2, 0.25) is 5.91 Å². The molecule has 2 fully saturated rings. The maximum Gasteiger partial charge on any atom is 0.416 e. The van der Waals surface area contributed by atoms with Gasteiger partial charge in [0.1, 0.15) is 5.75 Å². The lowest BCUT2D eigenvalue weighted by Crippen LogP contribution is -2.45. The highest BCUT2D eigenvalue weighted by Gasteiger charge is 2.46. The SMILES string of the molecule is CC1(C)CC1COc1cc(C(F)(F)F)ccc1C(=O)NC1CCNC(=O)C1. The Morgan fingerprint density at radius 3 is 2.67 bits per heavy atom. The zero-order valence-electron chi connectivity index (χ0n) is 15.3. The highest BCUT2D eigenvalue weighted by molar-refractivity contribution is 5.97. The summed E-state index contributed by atoms with van der Waals surface area (Å²) in [6.45, 7) is 4.85. The van der Waals surface area contributed by atoms with E-state index in [2.05, 4.69) is 24.5 Å². The summed E-state index contributed by atoms with van der Waals surface area (Å²) >= 11 is 0. The predicted molar refractivity (Wildman–Crippen MR) is 92.3 cm³/mol. The molecule has 2 aliphatic rings. The first-order valence-corrected chi connectivity index (χ1v) is 8.98. The molecule has 148 valence electrons. The van der Waals surface area contributed by atoms with Gasteiger partial charge in [-0.3, -0.25) is 9.59 Å². The zero-order chi connectivity index (χ0) is 19.8. The molecule has 1 heterocycles. The summed E-state index contributed by atoms with van der Waals surface area (Å²) in [4.78, 5) is 24.0. The van der Waals surface area contributed by atoms with Gasteiger partial charge in [0.25, 0.3) is 5.91 Å². The van der Waals surface area contributed by atoms with Crippen molar-refractivity contribution in [3.63, 3.8) is 0 Å². The molecule has 1 aromatic carbocycles. The second-order valence-electron chi connectivity index (χ2n) is 7.92. The molecule has 2 unspecified atom stereocenters. The molecule has 2 atom stereocenters. The number of ether oxygens (including phenoxy) is 1. The van der Waals surface area contributed by atoms with Gasteiger partial charge < -0.3 is 15.4 Å². The molecule has 0 radical (unpaired) electrons. The van der Waals surface area contributed by atoms with E-state index in [0.29, 0.717) is 13.0 Å². The summed E-state index contributed by atoms with van der Waals surface area (Å²) < 4.78 is 44.8. The Balaban J connectivity index is 1.77. The van der Waals surface area contributed by atoms with Crippen molar-refractivity contribution >= 4 is 11.8 Å². The number of carbonyl (C=O) groups excluding carboxylic acids is 2. The summed E-state index contributed by atoms with van der Waals surface area (Å²) in [6.07, 6.45) is -2.86. The van der Waals surface area contributed by atoms with Crippen LogP contribution in [0.15, 0.2) is 18.2 Å². The van der Waals surface area contributed by atoms with Gasteiger partial charge in [-0.05, 0) is 42.4 Å². The molecule has 27 heavy (non-hydrogen) atoms. The topological polar surface area (TPSA) is 67.4 Å². The fourth-order valence-corrected chi connectivity index (χ4v) is 3.23. The van der Waals surface area contributed by atoms with Gasteiger partial charge in [0.05, 0.1) is 17.7 Å². The van der Waals surface area contributed by atoms with Crippen LogP contribution in [0.3, 0.4) is 0 Å². The van der Waals surface area contributed by atoms with Gasteiger partial charge in [-0.25, -0.2) is 0 Å². The van der Waals surface area contributed by atoms with Crippen LogP contribution in [0.25, 0.3) is 0 Å². The van der Waals surface area contributed by atoms with Crippen molar-refractivity contribution in [2.24, 2.45) is 11.3 Å². The number of hydrogen-bond donors (Lipinski definition) is 2. The Bertz CT molecular complexity index is 746. The number of halogens is 3. The average molecular weight is 384 g/mol. The van der Waals surface area contributed by atoms with E-state index in [0.717, 1.165) is 24.6 Å². The van der Waals surface area contributed by atoms with E-state index < -0.39 is 17.6 Å². The third-order valence-electron chi connectivity index (χ3n) is 5.29. The van der Waals surface area contributed by atoms with Crippen molar-refractivity contribution in [1.82, 2.24) is 10.6 Å². The molecule has 0 aromatic heterocycles. The maximum absolute atomic E-state index is 13.1. The van der Waals surface area contributed by atoms with Crippen molar-refractivity contribution in [3.05, 3.63) is 29.3 Å². The van der Waals surface area contributed by atoms with Gasteiger partial charge in [0.15, 0.2) is 0 Å². The molecule has 1 aliphatic heterocycles. The van der Waals surface area contributed by atoms with Crippen molar-refractivity contribution in [2.75, 3.05) is 13.2 Å². The highest BCUT2D eigenvalue weighted by atomic mass is 19.4. The van der Waals surface area contributed by atoms with Gasteiger partial charge in [-0.2, -0.15) is 13.2 Å². The summed E-state index contributed by atoms with van der Waals surface area (Å²) in [5.74, 6) is -0.518. The molecule has 1 aromatic rings. The zero-order valence-corrected chi connectivity index (χ0v) is 15.3. The first-order valence-electron chi connectivity index (χ1n) is 8.98. The Labute approximate surface area is 155 Å².